The van der Waals surface area contributed by atoms with E-state index in [1.807, 2.05) is 50.2 Å². The average Bonchev–Trinajstić information content (AvgIpc) is 3.35. The smallest absolute Gasteiger partial charge is 0.408 e. The third-order valence-corrected chi connectivity index (χ3v) is 6.12. The fraction of sp³-hybridized carbons (Fsp3) is 0.393. The molecule has 0 spiro atoms. The zero-order chi connectivity index (χ0) is 28.4. The second-order valence-electron chi connectivity index (χ2n) is 9.61. The number of para-hydroxylation sites is 1. The van der Waals surface area contributed by atoms with Crippen molar-refractivity contribution in [3.8, 4) is 5.75 Å². The highest BCUT2D eigenvalue weighted by Crippen LogP contribution is 2.29. The molecule has 0 radical (unpaired) electrons. The molecule has 3 rings (SSSR count). The zero-order valence-corrected chi connectivity index (χ0v) is 22.1. The number of Topliss-reactive ketones (excluding diaryl/α,β-unsaturated/α-hetero) is 1. The van der Waals surface area contributed by atoms with Crippen LogP contribution in [0.3, 0.4) is 0 Å². The number of ketones is 1. The van der Waals surface area contributed by atoms with Gasteiger partial charge in [-0.1, -0.05) is 67.5 Å². The van der Waals surface area contributed by atoms with Crippen LogP contribution in [0.5, 0.6) is 5.75 Å². The van der Waals surface area contributed by atoms with Gasteiger partial charge in [0.2, 0.25) is 0 Å². The molecule has 1 aliphatic rings. The normalized spacial score (nSPS) is 17.8. The number of nitrogens with zero attached hydrogens (tertiary/aromatic N) is 1. The number of aliphatic carboxylic acids is 1. The lowest BCUT2D eigenvalue weighted by Gasteiger charge is -2.28. The van der Waals surface area contributed by atoms with E-state index < -0.39 is 47.9 Å². The van der Waals surface area contributed by atoms with Crippen molar-refractivity contribution < 1.29 is 38.6 Å². The maximum Gasteiger partial charge on any atom is 0.408 e. The van der Waals surface area contributed by atoms with Crippen LogP contribution in [0.15, 0.2) is 65.8 Å². The first-order chi connectivity index (χ1) is 18.6. The van der Waals surface area contributed by atoms with Gasteiger partial charge in [0.1, 0.15) is 19.0 Å². The molecule has 11 nitrogen and oxygen atoms in total. The quantitative estimate of drug-likeness (QED) is 0.351. The standard InChI is InChI=1S/C28H33N3O8/c1-18(2)25(30-27(36)37-16-20-10-6-4-7-11-20)23-15-28(39-31-23,17-38-21-12-8-5-9-13-21)26(35)29-22(19(3)32)14-24(33)34/h4-13,18,22,25H,14-17H2,1-3H3,(H,29,35)(H,30,36)(H,33,34)/t22-,25-,28?/m0/s1. The lowest BCUT2D eigenvalue weighted by Crippen LogP contribution is -2.56. The predicted molar refractivity (Wildman–Crippen MR) is 141 cm³/mol. The predicted octanol–water partition coefficient (Wildman–Crippen LogP) is 3.08. The molecule has 0 fully saturated rings. The summed E-state index contributed by atoms with van der Waals surface area (Å²) in [4.78, 5) is 55.0. The van der Waals surface area contributed by atoms with E-state index in [0.717, 1.165) is 5.56 Å². The molecular weight excluding hydrogens is 506 g/mol. The van der Waals surface area contributed by atoms with E-state index in [1.165, 1.54) is 6.92 Å². The first kappa shape index (κ1) is 29.2. The number of benzene rings is 2. The van der Waals surface area contributed by atoms with Gasteiger partial charge in [-0.25, -0.2) is 4.79 Å². The Morgan fingerprint density at radius 2 is 1.67 bits per heavy atom. The van der Waals surface area contributed by atoms with Crippen LogP contribution in [0.25, 0.3) is 0 Å². The Morgan fingerprint density at radius 3 is 2.26 bits per heavy atom. The van der Waals surface area contributed by atoms with Crippen molar-refractivity contribution in [1.82, 2.24) is 10.6 Å². The van der Waals surface area contributed by atoms with E-state index in [1.54, 1.807) is 24.3 Å². The number of hydrogen-bond donors (Lipinski definition) is 3. The average molecular weight is 540 g/mol. The second-order valence-corrected chi connectivity index (χ2v) is 9.61. The van der Waals surface area contributed by atoms with Crippen molar-refractivity contribution in [1.29, 1.82) is 0 Å². The van der Waals surface area contributed by atoms with Crippen molar-refractivity contribution in [2.24, 2.45) is 11.1 Å². The Balaban J connectivity index is 1.75. The molecule has 3 N–H and O–H groups in total. The Bertz CT molecular complexity index is 1190. The maximum absolute atomic E-state index is 13.5. The molecule has 2 aromatic carbocycles. The molecule has 11 heteroatoms. The molecule has 0 saturated carbocycles. The topological polar surface area (TPSA) is 153 Å². The molecule has 0 aromatic heterocycles. The molecule has 208 valence electrons. The van der Waals surface area contributed by atoms with Crippen molar-refractivity contribution in [2.75, 3.05) is 6.61 Å². The van der Waals surface area contributed by atoms with Crippen molar-refractivity contribution in [3.05, 3.63) is 66.2 Å². The van der Waals surface area contributed by atoms with Crippen LogP contribution in [-0.2, 0) is 30.6 Å². The van der Waals surface area contributed by atoms with Gasteiger partial charge in [-0.05, 0) is 30.5 Å². The Morgan fingerprint density at radius 1 is 1.03 bits per heavy atom. The monoisotopic (exact) mass is 539 g/mol. The zero-order valence-electron chi connectivity index (χ0n) is 22.1. The van der Waals surface area contributed by atoms with E-state index in [-0.39, 0.29) is 25.6 Å². The largest absolute Gasteiger partial charge is 0.489 e. The molecule has 0 saturated heterocycles. The number of alkyl carbamates (subject to hydrolysis) is 1. The number of ether oxygens (including phenoxy) is 2. The summed E-state index contributed by atoms with van der Waals surface area (Å²) in [5, 5.41) is 18.6. The van der Waals surface area contributed by atoms with E-state index >= 15 is 0 Å². The van der Waals surface area contributed by atoms with Crippen molar-refractivity contribution in [3.63, 3.8) is 0 Å². The van der Waals surface area contributed by atoms with E-state index in [2.05, 4.69) is 15.8 Å². The Kier molecular flexibility index (Phi) is 10.0. The lowest BCUT2D eigenvalue weighted by atomic mass is 9.89. The van der Waals surface area contributed by atoms with Gasteiger partial charge in [0, 0.05) is 6.42 Å². The Hall–Kier alpha value is -4.41. The number of carbonyl (C=O) groups is 4. The first-order valence-electron chi connectivity index (χ1n) is 12.5. The molecule has 0 bridgehead atoms. The van der Waals surface area contributed by atoms with E-state index in [4.69, 9.17) is 19.4 Å². The van der Waals surface area contributed by atoms with Gasteiger partial charge >= 0.3 is 12.1 Å². The van der Waals surface area contributed by atoms with Gasteiger partial charge in [0.15, 0.2) is 5.78 Å². The summed E-state index contributed by atoms with van der Waals surface area (Å²) in [5.74, 6) is -2.20. The summed E-state index contributed by atoms with van der Waals surface area (Å²) in [6, 6.07) is 16.0. The van der Waals surface area contributed by atoms with Gasteiger partial charge in [-0.15, -0.1) is 0 Å². The fourth-order valence-electron chi connectivity index (χ4n) is 3.94. The highest BCUT2D eigenvalue weighted by molar-refractivity contribution is 6.01. The minimum absolute atomic E-state index is 0.0771. The number of nitrogens with one attached hydrogen (secondary N) is 2. The van der Waals surface area contributed by atoms with Gasteiger partial charge < -0.3 is 30.1 Å². The molecular formula is C28H33N3O8. The number of carboxylic acids is 1. The number of oxime groups is 1. The summed E-state index contributed by atoms with van der Waals surface area (Å²) < 4.78 is 11.2. The first-order valence-corrected chi connectivity index (χ1v) is 12.5. The van der Waals surface area contributed by atoms with E-state index in [9.17, 15) is 19.2 Å². The number of carbonyl (C=O) groups excluding carboxylic acids is 3. The number of carboxylic acid groups (broad SMARTS) is 1. The van der Waals surface area contributed by atoms with Gasteiger partial charge in [0.05, 0.1) is 24.2 Å². The molecule has 2 aromatic rings. The van der Waals surface area contributed by atoms with Crippen LogP contribution < -0.4 is 15.4 Å². The van der Waals surface area contributed by atoms with Crippen LogP contribution in [-0.4, -0.2) is 58.9 Å². The molecule has 0 aliphatic carbocycles. The van der Waals surface area contributed by atoms with Gasteiger partial charge in [-0.2, -0.15) is 0 Å². The minimum atomic E-state index is -1.71. The summed E-state index contributed by atoms with van der Waals surface area (Å²) in [6.07, 6.45) is -1.33. The van der Waals surface area contributed by atoms with Crippen LogP contribution in [0.2, 0.25) is 0 Å². The fourth-order valence-corrected chi connectivity index (χ4v) is 3.94. The SMILES string of the molecule is CC(=O)[C@H](CC(=O)O)NC(=O)C1(COc2ccccc2)CC([C@@H](NC(=O)OCc2ccccc2)C(C)C)=NO1. The summed E-state index contributed by atoms with van der Waals surface area (Å²) in [7, 11) is 0. The van der Waals surface area contributed by atoms with Crippen molar-refractivity contribution in [2.45, 2.75) is 57.9 Å². The summed E-state index contributed by atoms with van der Waals surface area (Å²) in [6.45, 7) is 4.72. The van der Waals surface area contributed by atoms with E-state index in [0.29, 0.717) is 11.5 Å². The van der Waals surface area contributed by atoms with Crippen molar-refractivity contribution >= 4 is 29.5 Å². The second kappa shape index (κ2) is 13.4. The third-order valence-electron chi connectivity index (χ3n) is 6.12. The molecule has 1 unspecified atom stereocenters. The highest BCUT2D eigenvalue weighted by Gasteiger charge is 2.50. The maximum atomic E-state index is 13.5. The van der Waals surface area contributed by atoms with Gasteiger partial charge in [-0.3, -0.25) is 14.4 Å². The Labute approximate surface area is 226 Å². The third kappa shape index (κ3) is 8.29. The molecule has 1 heterocycles. The number of hydrogen-bond acceptors (Lipinski definition) is 8. The molecule has 39 heavy (non-hydrogen) atoms. The number of rotatable bonds is 13. The van der Waals surface area contributed by atoms with Crippen LogP contribution in [0.1, 0.15) is 39.2 Å². The molecule has 1 aliphatic heterocycles. The van der Waals surface area contributed by atoms with Crippen LogP contribution in [0.4, 0.5) is 4.79 Å². The van der Waals surface area contributed by atoms with Gasteiger partial charge in [0.25, 0.3) is 11.5 Å². The summed E-state index contributed by atoms with van der Waals surface area (Å²) in [5.41, 5.74) is -0.517. The number of amides is 2. The van der Waals surface area contributed by atoms with Crippen LogP contribution >= 0.6 is 0 Å². The lowest BCUT2D eigenvalue weighted by molar-refractivity contribution is -0.150. The highest BCUT2D eigenvalue weighted by atomic mass is 16.7. The molecule has 2 amide bonds. The molecule has 3 atom stereocenters. The minimum Gasteiger partial charge on any atom is -0.489 e. The summed E-state index contributed by atoms with van der Waals surface area (Å²) >= 11 is 0. The van der Waals surface area contributed by atoms with Crippen LogP contribution in [0, 0.1) is 5.92 Å².